The summed E-state index contributed by atoms with van der Waals surface area (Å²) in [5, 5.41) is 4.13. The lowest BCUT2D eigenvalue weighted by atomic mass is 10.2. The second-order valence-corrected chi connectivity index (χ2v) is 7.07. The van der Waals surface area contributed by atoms with Crippen LogP contribution in [0.1, 0.15) is 4.88 Å². The van der Waals surface area contributed by atoms with Crippen LogP contribution in [0.5, 0.6) is 0 Å². The normalized spacial score (nSPS) is 10.4. The van der Waals surface area contributed by atoms with E-state index in [-0.39, 0.29) is 0 Å². The third kappa shape index (κ3) is 3.40. The first kappa shape index (κ1) is 13.7. The van der Waals surface area contributed by atoms with Crippen molar-refractivity contribution in [2.75, 3.05) is 24.3 Å². The summed E-state index contributed by atoms with van der Waals surface area (Å²) in [5.74, 6) is 0. The molecule has 2 rings (SSSR count). The Morgan fingerprint density at radius 1 is 1.28 bits per heavy atom. The van der Waals surface area contributed by atoms with Crippen LogP contribution in [0, 0.1) is 0 Å². The number of anilines is 2. The molecule has 0 unspecified atom stereocenters. The maximum atomic E-state index is 6.22. The maximum absolute atomic E-state index is 6.22. The lowest BCUT2D eigenvalue weighted by Crippen LogP contribution is -2.09. The van der Waals surface area contributed by atoms with E-state index < -0.39 is 0 Å². The molecule has 0 amide bonds. The highest BCUT2D eigenvalue weighted by Gasteiger charge is 2.04. The Kier molecular flexibility index (Phi) is 4.54. The first-order valence-electron chi connectivity index (χ1n) is 5.51. The highest BCUT2D eigenvalue weighted by molar-refractivity contribution is 9.11. The van der Waals surface area contributed by atoms with Gasteiger partial charge in [-0.05, 0) is 46.3 Å². The third-order valence-electron chi connectivity index (χ3n) is 2.53. The number of hydrogen-bond acceptors (Lipinski definition) is 3. The van der Waals surface area contributed by atoms with Crippen LogP contribution in [0.3, 0.4) is 0 Å². The molecule has 0 atom stereocenters. The van der Waals surface area contributed by atoms with Crippen LogP contribution in [0.2, 0.25) is 5.02 Å². The van der Waals surface area contributed by atoms with Gasteiger partial charge in [0.2, 0.25) is 0 Å². The van der Waals surface area contributed by atoms with Gasteiger partial charge in [-0.15, -0.1) is 11.3 Å². The van der Waals surface area contributed by atoms with E-state index in [1.165, 1.54) is 4.88 Å². The summed E-state index contributed by atoms with van der Waals surface area (Å²) in [5.41, 5.74) is 2.07. The van der Waals surface area contributed by atoms with Gasteiger partial charge in [-0.2, -0.15) is 0 Å². The second-order valence-electron chi connectivity index (χ2n) is 4.12. The molecule has 0 radical (unpaired) electrons. The van der Waals surface area contributed by atoms with Gasteiger partial charge in [0.05, 0.1) is 14.5 Å². The summed E-state index contributed by atoms with van der Waals surface area (Å²) in [4.78, 5) is 3.29. The van der Waals surface area contributed by atoms with Crippen LogP contribution in [-0.2, 0) is 6.54 Å². The third-order valence-corrected chi connectivity index (χ3v) is 4.45. The van der Waals surface area contributed by atoms with E-state index in [1.807, 2.05) is 37.2 Å². The summed E-state index contributed by atoms with van der Waals surface area (Å²) in [6.07, 6.45) is 0. The Morgan fingerprint density at radius 2 is 2.06 bits per heavy atom. The van der Waals surface area contributed by atoms with Crippen molar-refractivity contribution in [3.8, 4) is 0 Å². The van der Waals surface area contributed by atoms with Gasteiger partial charge >= 0.3 is 0 Å². The fraction of sp³-hybridized carbons (Fsp3) is 0.231. The van der Waals surface area contributed by atoms with Gasteiger partial charge in [0, 0.05) is 31.2 Å². The van der Waals surface area contributed by atoms with Crippen molar-refractivity contribution < 1.29 is 0 Å². The predicted octanol–water partition coefficient (Wildman–Crippen LogP) is 4.84. The molecular formula is C13H14BrClN2S. The molecule has 0 aliphatic carbocycles. The van der Waals surface area contributed by atoms with Gasteiger partial charge in [-0.25, -0.2) is 0 Å². The molecule has 0 bridgehead atoms. The van der Waals surface area contributed by atoms with Crippen LogP contribution in [0.25, 0.3) is 0 Å². The van der Waals surface area contributed by atoms with E-state index >= 15 is 0 Å². The highest BCUT2D eigenvalue weighted by Crippen LogP contribution is 2.28. The molecule has 1 heterocycles. The van der Waals surface area contributed by atoms with Crippen molar-refractivity contribution in [2.45, 2.75) is 6.54 Å². The molecule has 1 N–H and O–H groups in total. The standard InChI is InChI=1S/C13H14BrClN2S/c1-17(2)12-5-3-9(7-11(12)15)16-8-10-4-6-13(14)18-10/h3-7,16H,8H2,1-2H3. The van der Waals surface area contributed by atoms with Crippen LogP contribution in [0.4, 0.5) is 11.4 Å². The summed E-state index contributed by atoms with van der Waals surface area (Å²) >= 11 is 11.4. The number of nitrogens with one attached hydrogen (secondary N) is 1. The van der Waals surface area contributed by atoms with E-state index in [9.17, 15) is 0 Å². The van der Waals surface area contributed by atoms with Crippen molar-refractivity contribution in [3.63, 3.8) is 0 Å². The van der Waals surface area contributed by atoms with Gasteiger partial charge in [0.15, 0.2) is 0 Å². The molecule has 0 spiro atoms. The van der Waals surface area contributed by atoms with Crippen molar-refractivity contribution in [1.82, 2.24) is 0 Å². The predicted molar refractivity (Wildman–Crippen MR) is 85.1 cm³/mol. The molecule has 0 saturated carbocycles. The second kappa shape index (κ2) is 5.95. The maximum Gasteiger partial charge on any atom is 0.0702 e. The molecule has 2 aromatic rings. The number of benzene rings is 1. The van der Waals surface area contributed by atoms with E-state index in [0.717, 1.165) is 26.7 Å². The first-order chi connectivity index (χ1) is 8.56. The van der Waals surface area contributed by atoms with Crippen molar-refractivity contribution in [3.05, 3.63) is 44.0 Å². The molecule has 96 valence electrons. The summed E-state index contributed by atoms with van der Waals surface area (Å²) in [7, 11) is 3.97. The Balaban J connectivity index is 2.04. The number of rotatable bonds is 4. The van der Waals surface area contributed by atoms with Gasteiger partial charge in [0.1, 0.15) is 0 Å². The molecule has 1 aromatic carbocycles. The van der Waals surface area contributed by atoms with Crippen molar-refractivity contribution in [1.29, 1.82) is 0 Å². The van der Waals surface area contributed by atoms with Crippen molar-refractivity contribution >= 4 is 50.2 Å². The van der Waals surface area contributed by atoms with Gasteiger partial charge in [-0.1, -0.05) is 11.6 Å². The minimum atomic E-state index is 0.761. The average Bonchev–Trinajstić information content (AvgIpc) is 2.72. The number of thiophene rings is 1. The average molecular weight is 346 g/mol. The Labute approximate surface area is 125 Å². The van der Waals surface area contributed by atoms with E-state index in [0.29, 0.717) is 0 Å². The summed E-state index contributed by atoms with van der Waals surface area (Å²) in [6, 6.07) is 10.2. The molecule has 0 fully saturated rings. The van der Waals surface area contributed by atoms with Gasteiger partial charge < -0.3 is 10.2 Å². The van der Waals surface area contributed by atoms with Gasteiger partial charge in [-0.3, -0.25) is 0 Å². The highest BCUT2D eigenvalue weighted by atomic mass is 79.9. The zero-order chi connectivity index (χ0) is 13.1. The van der Waals surface area contributed by atoms with E-state index in [2.05, 4.69) is 33.4 Å². The topological polar surface area (TPSA) is 15.3 Å². The Hall–Kier alpha value is -0.710. The molecule has 0 aliphatic heterocycles. The van der Waals surface area contributed by atoms with Crippen molar-refractivity contribution in [2.24, 2.45) is 0 Å². The molecule has 2 nitrogen and oxygen atoms in total. The lowest BCUT2D eigenvalue weighted by molar-refractivity contribution is 1.13. The number of halogens is 2. The smallest absolute Gasteiger partial charge is 0.0702 e. The molecule has 18 heavy (non-hydrogen) atoms. The zero-order valence-electron chi connectivity index (χ0n) is 10.2. The van der Waals surface area contributed by atoms with Crippen LogP contribution < -0.4 is 10.2 Å². The SMILES string of the molecule is CN(C)c1ccc(NCc2ccc(Br)s2)cc1Cl. The molecule has 0 saturated heterocycles. The molecule has 5 heteroatoms. The monoisotopic (exact) mass is 344 g/mol. The fourth-order valence-corrected chi connectivity index (χ4v) is 3.39. The quantitative estimate of drug-likeness (QED) is 0.852. The fourth-order valence-electron chi connectivity index (χ4n) is 1.62. The summed E-state index contributed by atoms with van der Waals surface area (Å²) < 4.78 is 1.15. The molecule has 1 aromatic heterocycles. The van der Waals surface area contributed by atoms with Crippen LogP contribution in [-0.4, -0.2) is 14.1 Å². The van der Waals surface area contributed by atoms with Crippen LogP contribution >= 0.6 is 38.9 Å². The first-order valence-corrected chi connectivity index (χ1v) is 7.50. The number of hydrogen-bond donors (Lipinski definition) is 1. The Morgan fingerprint density at radius 3 is 2.61 bits per heavy atom. The number of nitrogens with zero attached hydrogens (tertiary/aromatic N) is 1. The summed E-state index contributed by atoms with van der Waals surface area (Å²) in [6.45, 7) is 0.813. The van der Waals surface area contributed by atoms with E-state index in [1.54, 1.807) is 11.3 Å². The largest absolute Gasteiger partial charge is 0.380 e. The lowest BCUT2D eigenvalue weighted by Gasteiger charge is -2.15. The minimum absolute atomic E-state index is 0.761. The molecule has 0 aliphatic rings. The Bertz CT molecular complexity index is 540. The molecular weight excluding hydrogens is 332 g/mol. The minimum Gasteiger partial charge on any atom is -0.380 e. The van der Waals surface area contributed by atoms with Gasteiger partial charge in [0.25, 0.3) is 0 Å². The van der Waals surface area contributed by atoms with Crippen LogP contribution in [0.15, 0.2) is 34.1 Å². The van der Waals surface area contributed by atoms with E-state index in [4.69, 9.17) is 11.6 Å². The zero-order valence-corrected chi connectivity index (χ0v) is 13.4.